The maximum absolute atomic E-state index is 9.61. The van der Waals surface area contributed by atoms with Gasteiger partial charge in [-0.2, -0.15) is 0 Å². The van der Waals surface area contributed by atoms with Crippen LogP contribution in [0.25, 0.3) is 10.9 Å². The van der Waals surface area contributed by atoms with Crippen molar-refractivity contribution in [3.63, 3.8) is 0 Å². The van der Waals surface area contributed by atoms with E-state index in [1.165, 1.54) is 0 Å². The number of ether oxygens (including phenoxy) is 1. The van der Waals surface area contributed by atoms with Gasteiger partial charge in [-0.05, 0) is 32.0 Å². The number of hydrogen-bond acceptors (Lipinski definition) is 3. The van der Waals surface area contributed by atoms with Crippen molar-refractivity contribution >= 4 is 10.9 Å². The third-order valence-electron chi connectivity index (χ3n) is 2.07. The zero-order valence-electron chi connectivity index (χ0n) is 8.77. The number of hydrogen-bond donors (Lipinski definition) is 1. The lowest BCUT2D eigenvalue weighted by atomic mass is 10.2. The molecular weight excluding hydrogens is 190 g/mol. The Bertz CT molecular complexity index is 480. The zero-order chi connectivity index (χ0) is 10.8. The van der Waals surface area contributed by atoms with Crippen molar-refractivity contribution in [2.45, 2.75) is 20.0 Å². The Morgan fingerprint density at radius 1 is 1.27 bits per heavy atom. The summed E-state index contributed by atoms with van der Waals surface area (Å²) < 4.78 is 5.63. The van der Waals surface area contributed by atoms with E-state index in [9.17, 15) is 5.11 Å². The van der Waals surface area contributed by atoms with Gasteiger partial charge in [-0.3, -0.25) is 4.98 Å². The first-order valence-corrected chi connectivity index (χ1v) is 4.92. The SMILES string of the molecule is CC(C)Oc1ccnc2c(O)cccc12. The molecule has 1 N–H and O–H groups in total. The normalized spacial score (nSPS) is 10.9. The van der Waals surface area contributed by atoms with Crippen molar-refractivity contribution in [1.82, 2.24) is 4.98 Å². The molecule has 3 nitrogen and oxygen atoms in total. The zero-order valence-corrected chi connectivity index (χ0v) is 8.77. The number of aromatic hydroxyl groups is 1. The van der Waals surface area contributed by atoms with Gasteiger partial charge in [0.25, 0.3) is 0 Å². The minimum absolute atomic E-state index is 0.109. The topological polar surface area (TPSA) is 42.4 Å². The number of pyridine rings is 1. The second-order valence-corrected chi connectivity index (χ2v) is 3.65. The Morgan fingerprint density at radius 3 is 2.80 bits per heavy atom. The molecule has 0 atom stereocenters. The second-order valence-electron chi connectivity index (χ2n) is 3.65. The van der Waals surface area contributed by atoms with Crippen LogP contribution >= 0.6 is 0 Å². The summed E-state index contributed by atoms with van der Waals surface area (Å²) >= 11 is 0. The first-order chi connectivity index (χ1) is 7.18. The van der Waals surface area contributed by atoms with Gasteiger partial charge < -0.3 is 9.84 Å². The van der Waals surface area contributed by atoms with Crippen molar-refractivity contribution in [3.8, 4) is 11.5 Å². The number of aromatic nitrogens is 1. The number of fused-ring (bicyclic) bond motifs is 1. The van der Waals surface area contributed by atoms with Gasteiger partial charge in [0.15, 0.2) is 0 Å². The predicted octanol–water partition coefficient (Wildman–Crippen LogP) is 2.73. The molecule has 0 radical (unpaired) electrons. The van der Waals surface area contributed by atoms with Crippen LogP contribution in [0.5, 0.6) is 11.5 Å². The van der Waals surface area contributed by atoms with Crippen molar-refractivity contribution in [3.05, 3.63) is 30.5 Å². The van der Waals surface area contributed by atoms with Crippen molar-refractivity contribution < 1.29 is 9.84 Å². The average Bonchev–Trinajstić information content (AvgIpc) is 2.19. The van der Waals surface area contributed by atoms with Crippen LogP contribution in [0.2, 0.25) is 0 Å². The van der Waals surface area contributed by atoms with Crippen molar-refractivity contribution in [1.29, 1.82) is 0 Å². The van der Waals surface area contributed by atoms with E-state index in [-0.39, 0.29) is 11.9 Å². The Morgan fingerprint density at radius 2 is 2.07 bits per heavy atom. The highest BCUT2D eigenvalue weighted by molar-refractivity contribution is 5.89. The van der Waals surface area contributed by atoms with E-state index in [1.54, 1.807) is 18.3 Å². The van der Waals surface area contributed by atoms with E-state index in [4.69, 9.17) is 4.74 Å². The number of para-hydroxylation sites is 1. The number of nitrogens with zero attached hydrogens (tertiary/aromatic N) is 1. The monoisotopic (exact) mass is 203 g/mol. The van der Waals surface area contributed by atoms with E-state index in [1.807, 2.05) is 26.0 Å². The highest BCUT2D eigenvalue weighted by Crippen LogP contribution is 2.29. The van der Waals surface area contributed by atoms with Crippen LogP contribution < -0.4 is 4.74 Å². The standard InChI is InChI=1S/C12H13NO2/c1-8(2)15-11-6-7-13-12-9(11)4-3-5-10(12)14/h3-8,14H,1-2H3. The molecule has 2 aromatic rings. The molecule has 0 unspecified atom stereocenters. The molecule has 1 heterocycles. The average molecular weight is 203 g/mol. The molecule has 0 aliphatic heterocycles. The molecule has 0 spiro atoms. The molecule has 0 aliphatic rings. The highest BCUT2D eigenvalue weighted by atomic mass is 16.5. The third kappa shape index (κ3) is 1.86. The van der Waals surface area contributed by atoms with Crippen molar-refractivity contribution in [2.24, 2.45) is 0 Å². The summed E-state index contributed by atoms with van der Waals surface area (Å²) in [7, 11) is 0. The molecule has 78 valence electrons. The lowest BCUT2D eigenvalue weighted by Gasteiger charge is -2.11. The Kier molecular flexibility index (Phi) is 2.46. The van der Waals surface area contributed by atoms with E-state index >= 15 is 0 Å². The van der Waals surface area contributed by atoms with Gasteiger partial charge in [-0.25, -0.2) is 0 Å². The smallest absolute Gasteiger partial charge is 0.141 e. The summed E-state index contributed by atoms with van der Waals surface area (Å²) in [5.41, 5.74) is 0.579. The van der Waals surface area contributed by atoms with Crippen LogP contribution in [-0.2, 0) is 0 Å². The fourth-order valence-electron chi connectivity index (χ4n) is 1.49. The number of rotatable bonds is 2. The number of phenols is 1. The molecule has 15 heavy (non-hydrogen) atoms. The summed E-state index contributed by atoms with van der Waals surface area (Å²) in [4.78, 5) is 4.12. The first kappa shape index (κ1) is 9.77. The summed E-state index contributed by atoms with van der Waals surface area (Å²) in [5, 5.41) is 10.5. The maximum Gasteiger partial charge on any atom is 0.141 e. The first-order valence-electron chi connectivity index (χ1n) is 4.92. The van der Waals surface area contributed by atoms with Gasteiger partial charge in [-0.15, -0.1) is 0 Å². The number of benzene rings is 1. The summed E-state index contributed by atoms with van der Waals surface area (Å²) in [6.45, 7) is 3.93. The van der Waals surface area contributed by atoms with Crippen LogP contribution in [0.4, 0.5) is 0 Å². The molecule has 2 rings (SSSR count). The van der Waals surface area contributed by atoms with E-state index in [0.29, 0.717) is 5.52 Å². The Balaban J connectivity index is 2.61. The molecule has 0 aliphatic carbocycles. The molecule has 0 saturated carbocycles. The molecule has 3 heteroatoms. The molecule has 0 amide bonds. The molecule has 1 aromatic heterocycles. The lowest BCUT2D eigenvalue weighted by Crippen LogP contribution is -2.05. The van der Waals surface area contributed by atoms with Gasteiger partial charge >= 0.3 is 0 Å². The molecule has 0 saturated heterocycles. The summed E-state index contributed by atoms with van der Waals surface area (Å²) in [6.07, 6.45) is 1.75. The van der Waals surface area contributed by atoms with Crippen LogP contribution in [0.1, 0.15) is 13.8 Å². The highest BCUT2D eigenvalue weighted by Gasteiger charge is 2.06. The fourth-order valence-corrected chi connectivity index (χ4v) is 1.49. The number of phenolic OH excluding ortho intramolecular Hbond substituents is 1. The minimum Gasteiger partial charge on any atom is -0.506 e. The van der Waals surface area contributed by atoms with E-state index < -0.39 is 0 Å². The van der Waals surface area contributed by atoms with Crippen LogP contribution in [0.15, 0.2) is 30.5 Å². The van der Waals surface area contributed by atoms with Gasteiger partial charge in [0.2, 0.25) is 0 Å². The molecular formula is C12H13NO2. The Labute approximate surface area is 88.3 Å². The maximum atomic E-state index is 9.61. The molecule has 1 aromatic carbocycles. The van der Waals surface area contributed by atoms with Gasteiger partial charge in [0, 0.05) is 11.6 Å². The second kappa shape index (κ2) is 3.77. The fraction of sp³-hybridized carbons (Fsp3) is 0.250. The molecule has 0 bridgehead atoms. The quantitative estimate of drug-likeness (QED) is 0.816. The van der Waals surface area contributed by atoms with Crippen LogP contribution in [0.3, 0.4) is 0 Å². The predicted molar refractivity (Wildman–Crippen MR) is 59.2 cm³/mol. The van der Waals surface area contributed by atoms with Crippen LogP contribution in [0, 0.1) is 0 Å². The largest absolute Gasteiger partial charge is 0.506 e. The van der Waals surface area contributed by atoms with Gasteiger partial charge in [-0.1, -0.05) is 6.07 Å². The van der Waals surface area contributed by atoms with Crippen molar-refractivity contribution in [2.75, 3.05) is 0 Å². The summed E-state index contributed by atoms with van der Waals surface area (Å²) in [6, 6.07) is 7.10. The van der Waals surface area contributed by atoms with Crippen LogP contribution in [-0.4, -0.2) is 16.2 Å². The van der Waals surface area contributed by atoms with E-state index in [0.717, 1.165) is 11.1 Å². The van der Waals surface area contributed by atoms with E-state index in [2.05, 4.69) is 4.98 Å². The van der Waals surface area contributed by atoms with Gasteiger partial charge in [0.1, 0.15) is 17.0 Å². The van der Waals surface area contributed by atoms with Gasteiger partial charge in [0.05, 0.1) is 6.10 Å². The summed E-state index contributed by atoms with van der Waals surface area (Å²) in [5.74, 6) is 0.938. The third-order valence-corrected chi connectivity index (χ3v) is 2.07. The lowest BCUT2D eigenvalue weighted by molar-refractivity contribution is 0.245. The minimum atomic E-state index is 0.109. The molecule has 0 fully saturated rings. The Hall–Kier alpha value is -1.77.